The molecule has 2 heterocycles. The number of carbonyl (C=O) groups excluding carboxylic acids is 1. The van der Waals surface area contributed by atoms with Crippen LogP contribution in [0.15, 0.2) is 75.6 Å². The zero-order valence-corrected chi connectivity index (χ0v) is 17.8. The molecule has 0 spiro atoms. The normalized spacial score (nSPS) is 19.4. The van der Waals surface area contributed by atoms with Gasteiger partial charge in [-0.15, -0.1) is 16.4 Å². The van der Waals surface area contributed by atoms with Crippen LogP contribution in [0.2, 0.25) is 0 Å². The summed E-state index contributed by atoms with van der Waals surface area (Å²) in [4.78, 5) is 20.9. The maximum absolute atomic E-state index is 13.9. The highest BCUT2D eigenvalue weighted by Gasteiger charge is 2.43. The van der Waals surface area contributed by atoms with E-state index in [0.29, 0.717) is 35.3 Å². The molecule has 4 rings (SSSR count). The van der Waals surface area contributed by atoms with Crippen molar-refractivity contribution in [1.29, 1.82) is 0 Å². The molecule has 0 saturated heterocycles. The summed E-state index contributed by atoms with van der Waals surface area (Å²) in [5, 5.41) is 5.28. The molecule has 0 aromatic heterocycles. The minimum Gasteiger partial charge on any atom is -0.308 e. The molecule has 0 bridgehead atoms. The number of quaternary nitrogens is 1. The van der Waals surface area contributed by atoms with Crippen molar-refractivity contribution < 1.29 is 26.9 Å². The van der Waals surface area contributed by atoms with Gasteiger partial charge in [0.1, 0.15) is 12.0 Å². The number of hydrogen-bond donors (Lipinski definition) is 3. The Morgan fingerprint density at radius 3 is 2.52 bits per heavy atom. The fourth-order valence-electron chi connectivity index (χ4n) is 3.28. The minimum absolute atomic E-state index is 0.151. The Kier molecular flexibility index (Phi) is 5.82. The fourth-order valence-corrected chi connectivity index (χ4v) is 3.87. The summed E-state index contributed by atoms with van der Waals surface area (Å²) in [5.41, 5.74) is 0.0862. The van der Waals surface area contributed by atoms with Gasteiger partial charge in [0.15, 0.2) is 5.03 Å². The average molecular weight is 477 g/mol. The van der Waals surface area contributed by atoms with Crippen molar-refractivity contribution in [3.05, 3.63) is 82.5 Å². The number of nitrogens with two attached hydrogens (primary N) is 1. The van der Waals surface area contributed by atoms with Crippen molar-refractivity contribution in [3.8, 4) is 0 Å². The van der Waals surface area contributed by atoms with E-state index in [2.05, 4.69) is 20.6 Å². The van der Waals surface area contributed by atoms with Gasteiger partial charge < -0.3 is 10.6 Å². The minimum atomic E-state index is -4.66. The number of benzene rings is 2. The molecule has 2 aromatic rings. The van der Waals surface area contributed by atoms with Gasteiger partial charge in [-0.05, 0) is 48.7 Å². The molecule has 170 valence electrons. The van der Waals surface area contributed by atoms with Crippen molar-refractivity contribution in [2.24, 2.45) is 15.8 Å². The smallest absolute Gasteiger partial charge is 0.308 e. The predicted octanol–water partition coefficient (Wildman–Crippen LogP) is 5.03. The number of nitrogens with zero attached hydrogens (tertiary/aromatic N) is 3. The Hall–Kier alpha value is -3.48. The molecule has 0 saturated carbocycles. The van der Waals surface area contributed by atoms with Crippen LogP contribution in [-0.2, 0) is 6.18 Å². The van der Waals surface area contributed by atoms with Crippen LogP contribution in [0, 0.1) is 5.82 Å². The quantitative estimate of drug-likeness (QED) is 0.328. The molecule has 0 aliphatic carbocycles. The molecule has 33 heavy (non-hydrogen) atoms. The summed E-state index contributed by atoms with van der Waals surface area (Å²) in [5.74, 6) is 6.09. The van der Waals surface area contributed by atoms with E-state index in [1.807, 2.05) is 6.26 Å². The van der Waals surface area contributed by atoms with Gasteiger partial charge in [0, 0.05) is 5.69 Å². The number of amides is 2. The van der Waals surface area contributed by atoms with Gasteiger partial charge >= 0.3 is 12.2 Å². The number of hydrogen-bond acceptors (Lipinski definition) is 5. The monoisotopic (exact) mass is 477 g/mol. The Morgan fingerprint density at radius 2 is 1.85 bits per heavy atom. The highest BCUT2D eigenvalue weighted by atomic mass is 32.2. The van der Waals surface area contributed by atoms with Gasteiger partial charge in [0.2, 0.25) is 5.70 Å². The van der Waals surface area contributed by atoms with E-state index in [4.69, 9.17) is 5.84 Å². The second-order valence-corrected chi connectivity index (χ2v) is 7.83. The van der Waals surface area contributed by atoms with E-state index in [-0.39, 0.29) is 4.59 Å². The number of halogens is 4. The molecular formula is C21H17F4N6OS+. The van der Waals surface area contributed by atoms with Crippen LogP contribution in [0.5, 0.6) is 0 Å². The first-order valence-electron chi connectivity index (χ1n) is 9.43. The van der Waals surface area contributed by atoms with Crippen LogP contribution < -0.4 is 16.5 Å². The lowest BCUT2D eigenvalue weighted by atomic mass is 10.1. The van der Waals surface area contributed by atoms with E-state index in [0.717, 1.165) is 10.7 Å². The molecule has 2 amide bonds. The van der Waals surface area contributed by atoms with Gasteiger partial charge in [0.05, 0.1) is 29.2 Å². The third-order valence-electron chi connectivity index (χ3n) is 4.90. The summed E-state index contributed by atoms with van der Waals surface area (Å²) in [6.45, 7) is 0. The third kappa shape index (κ3) is 4.40. The average Bonchev–Trinajstić information content (AvgIpc) is 3.07. The molecule has 2 aliphatic rings. The molecule has 2 aromatic carbocycles. The van der Waals surface area contributed by atoms with Crippen LogP contribution in [0.25, 0.3) is 0 Å². The van der Waals surface area contributed by atoms with Crippen LogP contribution in [-0.4, -0.2) is 28.9 Å². The number of allylic oxidation sites excluding steroid dienone is 1. The van der Waals surface area contributed by atoms with E-state index in [1.54, 1.807) is 42.9 Å². The Balaban J connectivity index is 1.49. The molecule has 12 heteroatoms. The van der Waals surface area contributed by atoms with Gasteiger partial charge in [-0.25, -0.2) is 9.18 Å². The van der Waals surface area contributed by atoms with Crippen molar-refractivity contribution in [3.63, 3.8) is 0 Å². The van der Waals surface area contributed by atoms with Crippen LogP contribution in [0.3, 0.4) is 0 Å². The molecule has 1 atom stereocenters. The third-order valence-corrected chi connectivity index (χ3v) is 5.58. The number of nitrogens with one attached hydrogen (secondary N) is 2. The first-order valence-corrected chi connectivity index (χ1v) is 10.7. The maximum atomic E-state index is 13.9. The second kappa shape index (κ2) is 8.46. The highest BCUT2D eigenvalue weighted by Crippen LogP contribution is 2.35. The number of amidine groups is 1. The van der Waals surface area contributed by atoms with Crippen molar-refractivity contribution in [2.45, 2.75) is 6.18 Å². The van der Waals surface area contributed by atoms with Crippen molar-refractivity contribution >= 4 is 41.2 Å². The molecule has 2 aliphatic heterocycles. The lowest BCUT2D eigenvalue weighted by Gasteiger charge is -2.26. The lowest BCUT2D eigenvalue weighted by molar-refractivity contribution is -0.750. The first kappa shape index (κ1) is 22.7. The SMILES string of the molecule is CSC1=C2C=NC=C[N+]2(N)C(c2ccc(NC(=O)Nc3cc(C(F)(F)F)ccc3F)cc2)=N1. The van der Waals surface area contributed by atoms with Gasteiger partial charge in [-0.1, -0.05) is 0 Å². The number of rotatable bonds is 4. The Morgan fingerprint density at radius 1 is 1.12 bits per heavy atom. The van der Waals surface area contributed by atoms with Crippen molar-refractivity contribution in [2.75, 3.05) is 16.9 Å². The summed E-state index contributed by atoms with van der Waals surface area (Å²) < 4.78 is 52.2. The zero-order chi connectivity index (χ0) is 23.8. The predicted molar refractivity (Wildman–Crippen MR) is 120 cm³/mol. The Bertz CT molecular complexity index is 1240. The van der Waals surface area contributed by atoms with E-state index in [1.165, 1.54) is 11.8 Å². The Labute approximate surface area is 189 Å². The van der Waals surface area contributed by atoms with Crippen LogP contribution in [0.1, 0.15) is 11.1 Å². The molecule has 0 radical (unpaired) electrons. The summed E-state index contributed by atoms with van der Waals surface area (Å²) in [7, 11) is 0. The number of thioether (sulfide) groups is 1. The van der Waals surface area contributed by atoms with Crippen molar-refractivity contribution in [1.82, 2.24) is 0 Å². The molecule has 0 fully saturated rings. The van der Waals surface area contributed by atoms with Gasteiger partial charge in [-0.2, -0.15) is 24.0 Å². The van der Waals surface area contributed by atoms with E-state index < -0.39 is 29.3 Å². The standard InChI is InChI=1S/C21H16F4N6OS/c1-33-19-17-11-27-8-9-31(17,26)18(30-19)12-2-5-14(6-3-12)28-20(32)29-16-10-13(21(23,24)25)4-7-15(16)22/h2-11H,26H2,1H3,(H-,27,28,29,30,32)/p+1. The van der Waals surface area contributed by atoms with Gasteiger partial charge in [0.25, 0.3) is 5.84 Å². The first-order chi connectivity index (χ1) is 15.6. The number of fused-ring (bicyclic) bond motifs is 1. The fraction of sp³-hybridized carbons (Fsp3) is 0.0952. The molecule has 7 nitrogen and oxygen atoms in total. The number of anilines is 2. The van der Waals surface area contributed by atoms with Gasteiger partial charge in [-0.3, -0.25) is 4.99 Å². The molecular weight excluding hydrogens is 460 g/mol. The van der Waals surface area contributed by atoms with E-state index >= 15 is 0 Å². The summed E-state index contributed by atoms with van der Waals surface area (Å²) in [6.07, 6.45) is 2.14. The lowest BCUT2D eigenvalue weighted by Crippen LogP contribution is -2.53. The number of carbonyl (C=O) groups is 1. The zero-order valence-electron chi connectivity index (χ0n) is 17.0. The number of urea groups is 1. The maximum Gasteiger partial charge on any atom is 0.416 e. The largest absolute Gasteiger partial charge is 0.416 e. The number of alkyl halides is 3. The summed E-state index contributed by atoms with van der Waals surface area (Å²) in [6, 6.07) is 7.40. The molecule has 1 unspecified atom stereocenters. The number of aliphatic imine (C=N–C) groups is 2. The topological polar surface area (TPSA) is 91.9 Å². The van der Waals surface area contributed by atoms with Crippen LogP contribution >= 0.6 is 11.8 Å². The highest BCUT2D eigenvalue weighted by molar-refractivity contribution is 8.02. The second-order valence-electron chi connectivity index (χ2n) is 7.03. The molecule has 4 N–H and O–H groups in total. The summed E-state index contributed by atoms with van der Waals surface area (Å²) >= 11 is 1.44. The van der Waals surface area contributed by atoms with E-state index in [9.17, 15) is 22.4 Å². The van der Waals surface area contributed by atoms with Crippen LogP contribution in [0.4, 0.5) is 33.7 Å².